The quantitative estimate of drug-likeness (QED) is 0.785. The average Bonchev–Trinajstić information content (AvgIpc) is 2.18. The number of aromatic nitrogens is 1. The van der Waals surface area contributed by atoms with Crippen molar-refractivity contribution in [3.05, 3.63) is 24.0 Å². The Labute approximate surface area is 87.2 Å². The van der Waals surface area contributed by atoms with Gasteiger partial charge >= 0.3 is 6.09 Å². The molecule has 0 saturated heterocycles. The fourth-order valence-corrected chi connectivity index (χ4v) is 0.971. The van der Waals surface area contributed by atoms with Crippen LogP contribution >= 0.6 is 11.6 Å². The van der Waals surface area contributed by atoms with E-state index >= 15 is 0 Å². The number of rotatable bonds is 3. The van der Waals surface area contributed by atoms with E-state index in [1.54, 1.807) is 25.3 Å². The predicted molar refractivity (Wildman–Crippen MR) is 54.7 cm³/mol. The van der Waals surface area contributed by atoms with Crippen LogP contribution in [0.5, 0.6) is 0 Å². The zero-order valence-corrected chi connectivity index (χ0v) is 8.54. The van der Waals surface area contributed by atoms with Gasteiger partial charge in [0, 0.05) is 6.20 Å². The Morgan fingerprint density at radius 1 is 1.71 bits per heavy atom. The van der Waals surface area contributed by atoms with Gasteiger partial charge in [0.1, 0.15) is 6.61 Å². The molecule has 1 heterocycles. The summed E-state index contributed by atoms with van der Waals surface area (Å²) in [4.78, 5) is 15.1. The Kier molecular flexibility index (Phi) is 4.19. The van der Waals surface area contributed by atoms with E-state index in [2.05, 4.69) is 10.3 Å². The molecule has 1 N–H and O–H groups in total. The van der Waals surface area contributed by atoms with Crippen molar-refractivity contribution in [3.63, 3.8) is 0 Å². The normalized spacial score (nSPS) is 9.57. The number of hydrogen-bond acceptors (Lipinski definition) is 3. The summed E-state index contributed by atoms with van der Waals surface area (Å²) in [7, 11) is 0. The van der Waals surface area contributed by atoms with Gasteiger partial charge in [0.2, 0.25) is 0 Å². The number of carbonyl (C=O) groups is 1. The molecule has 0 radical (unpaired) electrons. The van der Waals surface area contributed by atoms with E-state index in [0.29, 0.717) is 11.6 Å². The lowest BCUT2D eigenvalue weighted by atomic mass is 10.3. The lowest BCUT2D eigenvalue weighted by Gasteiger charge is -2.06. The summed E-state index contributed by atoms with van der Waals surface area (Å²) >= 11 is 5.36. The third-order valence-electron chi connectivity index (χ3n) is 1.55. The zero-order valence-electron chi connectivity index (χ0n) is 7.79. The molecule has 1 aromatic heterocycles. The summed E-state index contributed by atoms with van der Waals surface area (Å²) in [6.45, 7) is 2.00. The maximum Gasteiger partial charge on any atom is 0.411 e. The molecule has 0 aliphatic rings. The molecule has 1 amide bonds. The Bertz CT molecular complexity index is 317. The molecule has 1 aromatic rings. The number of amides is 1. The van der Waals surface area contributed by atoms with Crippen LogP contribution in [0, 0.1) is 6.92 Å². The first-order chi connectivity index (χ1) is 6.74. The largest absolute Gasteiger partial charge is 0.448 e. The third-order valence-corrected chi connectivity index (χ3v) is 1.71. The summed E-state index contributed by atoms with van der Waals surface area (Å²) in [5.41, 5.74) is 1.39. The van der Waals surface area contributed by atoms with E-state index in [-0.39, 0.29) is 6.61 Å². The topological polar surface area (TPSA) is 51.2 Å². The van der Waals surface area contributed by atoms with Crippen LogP contribution in [0.2, 0.25) is 0 Å². The van der Waals surface area contributed by atoms with Crippen LogP contribution in [0.1, 0.15) is 5.69 Å². The van der Waals surface area contributed by atoms with Gasteiger partial charge in [-0.1, -0.05) is 0 Å². The number of hydrogen-bond donors (Lipinski definition) is 1. The summed E-state index contributed by atoms with van der Waals surface area (Å²) in [6, 6.07) is 3.49. The smallest absolute Gasteiger partial charge is 0.411 e. The van der Waals surface area contributed by atoms with Gasteiger partial charge in [-0.15, -0.1) is 11.6 Å². The number of alkyl halides is 1. The van der Waals surface area contributed by atoms with Gasteiger partial charge in [0.15, 0.2) is 0 Å². The van der Waals surface area contributed by atoms with Crippen LogP contribution in [0.3, 0.4) is 0 Å². The molecule has 0 aromatic carbocycles. The number of aryl methyl sites for hydroxylation is 1. The van der Waals surface area contributed by atoms with E-state index in [4.69, 9.17) is 16.3 Å². The maximum atomic E-state index is 11.1. The first-order valence-corrected chi connectivity index (χ1v) is 4.69. The number of nitrogens with zero attached hydrogens (tertiary/aromatic N) is 1. The van der Waals surface area contributed by atoms with Crippen LogP contribution in [-0.4, -0.2) is 23.6 Å². The van der Waals surface area contributed by atoms with Gasteiger partial charge in [0.25, 0.3) is 0 Å². The number of pyridine rings is 1. The van der Waals surface area contributed by atoms with Crippen molar-refractivity contribution in [3.8, 4) is 0 Å². The summed E-state index contributed by atoms with van der Waals surface area (Å²) in [5, 5.41) is 2.56. The predicted octanol–water partition coefficient (Wildman–Crippen LogP) is 2.18. The number of anilines is 1. The first-order valence-electron chi connectivity index (χ1n) is 4.15. The zero-order chi connectivity index (χ0) is 10.4. The number of carbonyl (C=O) groups excluding carboxylic acids is 1. The van der Waals surface area contributed by atoms with Crippen LogP contribution in [0.25, 0.3) is 0 Å². The molecule has 0 fully saturated rings. The van der Waals surface area contributed by atoms with E-state index in [1.807, 2.05) is 0 Å². The van der Waals surface area contributed by atoms with E-state index in [0.717, 1.165) is 5.69 Å². The third kappa shape index (κ3) is 3.22. The van der Waals surface area contributed by atoms with Crippen molar-refractivity contribution in [2.75, 3.05) is 17.8 Å². The lowest BCUT2D eigenvalue weighted by molar-refractivity contribution is 0.168. The van der Waals surface area contributed by atoms with Crippen molar-refractivity contribution in [2.45, 2.75) is 6.92 Å². The van der Waals surface area contributed by atoms with Crippen molar-refractivity contribution in [1.82, 2.24) is 4.98 Å². The number of halogens is 1. The molecular formula is C9H11ClN2O2. The molecule has 0 saturated carbocycles. The second kappa shape index (κ2) is 5.44. The fourth-order valence-electron chi connectivity index (χ4n) is 0.894. The highest BCUT2D eigenvalue weighted by Gasteiger charge is 2.04. The van der Waals surface area contributed by atoms with E-state index in [1.165, 1.54) is 0 Å². The molecule has 0 unspecified atom stereocenters. The van der Waals surface area contributed by atoms with Gasteiger partial charge in [-0.05, 0) is 19.1 Å². The Balaban J connectivity index is 2.52. The summed E-state index contributed by atoms with van der Waals surface area (Å²) in [6.07, 6.45) is 1.15. The highest BCUT2D eigenvalue weighted by atomic mass is 35.5. The van der Waals surface area contributed by atoms with Crippen LogP contribution in [0.15, 0.2) is 18.3 Å². The van der Waals surface area contributed by atoms with Crippen molar-refractivity contribution >= 4 is 23.4 Å². The lowest BCUT2D eigenvalue weighted by Crippen LogP contribution is -2.15. The molecule has 0 bridgehead atoms. The summed E-state index contributed by atoms with van der Waals surface area (Å²) in [5.74, 6) is 0.291. The molecule has 0 aliphatic heterocycles. The molecule has 0 aliphatic carbocycles. The molecular weight excluding hydrogens is 204 g/mol. The molecule has 0 atom stereocenters. The van der Waals surface area contributed by atoms with Gasteiger partial charge in [-0.2, -0.15) is 0 Å². The van der Waals surface area contributed by atoms with Gasteiger partial charge in [-0.3, -0.25) is 10.3 Å². The first kappa shape index (κ1) is 10.8. The minimum atomic E-state index is -0.512. The molecule has 4 nitrogen and oxygen atoms in total. The van der Waals surface area contributed by atoms with E-state index < -0.39 is 6.09 Å². The Morgan fingerprint density at radius 2 is 2.50 bits per heavy atom. The van der Waals surface area contributed by atoms with Crippen LogP contribution in [-0.2, 0) is 4.74 Å². The monoisotopic (exact) mass is 214 g/mol. The number of nitrogens with one attached hydrogen (secondary N) is 1. The standard InChI is InChI=1S/C9H11ClN2O2/c1-7-8(3-2-5-11-7)12-9(13)14-6-4-10/h2-3,5H,4,6H2,1H3,(H,12,13). The molecule has 76 valence electrons. The van der Waals surface area contributed by atoms with Crippen LogP contribution in [0.4, 0.5) is 10.5 Å². The maximum absolute atomic E-state index is 11.1. The highest BCUT2D eigenvalue weighted by Crippen LogP contribution is 2.10. The van der Waals surface area contributed by atoms with Crippen molar-refractivity contribution < 1.29 is 9.53 Å². The molecule has 14 heavy (non-hydrogen) atoms. The van der Waals surface area contributed by atoms with Crippen molar-refractivity contribution in [1.29, 1.82) is 0 Å². The average molecular weight is 215 g/mol. The minimum absolute atomic E-state index is 0.201. The van der Waals surface area contributed by atoms with E-state index in [9.17, 15) is 4.79 Å². The molecule has 1 rings (SSSR count). The minimum Gasteiger partial charge on any atom is -0.448 e. The second-order valence-electron chi connectivity index (χ2n) is 2.59. The van der Waals surface area contributed by atoms with Gasteiger partial charge in [-0.25, -0.2) is 4.79 Å². The van der Waals surface area contributed by atoms with Gasteiger partial charge < -0.3 is 4.74 Å². The van der Waals surface area contributed by atoms with Crippen LogP contribution < -0.4 is 5.32 Å². The Morgan fingerprint density at radius 3 is 3.14 bits per heavy atom. The summed E-state index contributed by atoms with van der Waals surface area (Å²) < 4.78 is 4.74. The fraction of sp³-hybridized carbons (Fsp3) is 0.333. The van der Waals surface area contributed by atoms with Crippen molar-refractivity contribution in [2.24, 2.45) is 0 Å². The molecule has 0 spiro atoms. The number of ether oxygens (including phenoxy) is 1. The Hall–Kier alpha value is -1.29. The highest BCUT2D eigenvalue weighted by molar-refractivity contribution is 6.18. The molecule has 5 heteroatoms. The van der Waals surface area contributed by atoms with Gasteiger partial charge in [0.05, 0.1) is 17.3 Å². The second-order valence-corrected chi connectivity index (χ2v) is 2.96. The SMILES string of the molecule is Cc1ncccc1NC(=O)OCCCl.